The number of hydrogen-bond acceptors (Lipinski definition) is 3. The predicted molar refractivity (Wildman–Crippen MR) is 54.4 cm³/mol. The van der Waals surface area contributed by atoms with Crippen molar-refractivity contribution >= 4 is 0 Å². The van der Waals surface area contributed by atoms with Gasteiger partial charge in [0, 0.05) is 18.0 Å². The lowest BCUT2D eigenvalue weighted by atomic mass is 10.0. The Kier molecular flexibility index (Phi) is 2.87. The van der Waals surface area contributed by atoms with E-state index >= 15 is 0 Å². The molecular formula is C11H9F2N3. The summed E-state index contributed by atoms with van der Waals surface area (Å²) < 4.78 is 26.4. The summed E-state index contributed by atoms with van der Waals surface area (Å²) in [5, 5.41) is 0. The molecule has 2 aromatic rings. The number of nitrogens with two attached hydrogens (primary N) is 1. The maximum atomic E-state index is 13.4. The molecule has 0 aliphatic rings. The first-order chi connectivity index (χ1) is 7.70. The molecule has 0 bridgehead atoms. The molecule has 0 amide bonds. The third-order valence-corrected chi connectivity index (χ3v) is 2.22. The van der Waals surface area contributed by atoms with Gasteiger partial charge in [-0.05, 0) is 6.07 Å². The van der Waals surface area contributed by atoms with Gasteiger partial charge in [0.15, 0.2) is 11.6 Å². The minimum atomic E-state index is -0.944. The molecule has 0 saturated carbocycles. The second-order valence-electron chi connectivity index (χ2n) is 3.25. The van der Waals surface area contributed by atoms with Crippen molar-refractivity contribution in [2.75, 3.05) is 0 Å². The maximum absolute atomic E-state index is 13.4. The molecule has 0 aliphatic heterocycles. The summed E-state index contributed by atoms with van der Waals surface area (Å²) in [5.74, 6) is -1.86. The lowest BCUT2D eigenvalue weighted by Crippen LogP contribution is -2.15. The Morgan fingerprint density at radius 1 is 1.19 bits per heavy atom. The van der Waals surface area contributed by atoms with Gasteiger partial charge in [0.05, 0.1) is 17.9 Å². The fourth-order valence-electron chi connectivity index (χ4n) is 1.39. The van der Waals surface area contributed by atoms with Crippen molar-refractivity contribution in [3.63, 3.8) is 0 Å². The molecule has 16 heavy (non-hydrogen) atoms. The van der Waals surface area contributed by atoms with Gasteiger partial charge in [-0.15, -0.1) is 0 Å². The quantitative estimate of drug-likeness (QED) is 0.841. The molecule has 0 radical (unpaired) electrons. The molecule has 5 heteroatoms. The highest BCUT2D eigenvalue weighted by Gasteiger charge is 2.17. The van der Waals surface area contributed by atoms with Crippen LogP contribution in [0.25, 0.3) is 0 Å². The van der Waals surface area contributed by atoms with Crippen molar-refractivity contribution in [2.24, 2.45) is 5.73 Å². The largest absolute Gasteiger partial charge is 0.319 e. The van der Waals surface area contributed by atoms with Crippen molar-refractivity contribution in [1.82, 2.24) is 9.97 Å². The van der Waals surface area contributed by atoms with E-state index < -0.39 is 17.7 Å². The summed E-state index contributed by atoms with van der Waals surface area (Å²) >= 11 is 0. The third kappa shape index (κ3) is 1.90. The maximum Gasteiger partial charge on any atom is 0.163 e. The molecule has 1 aromatic carbocycles. The van der Waals surface area contributed by atoms with Gasteiger partial charge < -0.3 is 5.73 Å². The van der Waals surface area contributed by atoms with E-state index in [1.54, 1.807) is 0 Å². The summed E-state index contributed by atoms with van der Waals surface area (Å²) in [6.45, 7) is 0. The Hall–Kier alpha value is -1.88. The van der Waals surface area contributed by atoms with Gasteiger partial charge in [-0.25, -0.2) is 8.78 Å². The average molecular weight is 221 g/mol. The Balaban J connectivity index is 2.42. The van der Waals surface area contributed by atoms with Crippen molar-refractivity contribution in [2.45, 2.75) is 6.04 Å². The van der Waals surface area contributed by atoms with E-state index in [-0.39, 0.29) is 5.56 Å². The van der Waals surface area contributed by atoms with Gasteiger partial charge in [0.1, 0.15) is 0 Å². The molecule has 1 atom stereocenters. The average Bonchev–Trinajstić information content (AvgIpc) is 2.33. The van der Waals surface area contributed by atoms with E-state index in [2.05, 4.69) is 9.97 Å². The van der Waals surface area contributed by atoms with Crippen molar-refractivity contribution in [3.8, 4) is 0 Å². The zero-order valence-corrected chi connectivity index (χ0v) is 8.27. The molecule has 2 N–H and O–H groups in total. The van der Waals surface area contributed by atoms with Crippen LogP contribution >= 0.6 is 0 Å². The smallest absolute Gasteiger partial charge is 0.163 e. The first-order valence-corrected chi connectivity index (χ1v) is 4.65. The minimum Gasteiger partial charge on any atom is -0.319 e. The van der Waals surface area contributed by atoms with Gasteiger partial charge in [0.25, 0.3) is 0 Å². The number of rotatable bonds is 2. The molecule has 0 spiro atoms. The van der Waals surface area contributed by atoms with Crippen LogP contribution in [0.3, 0.4) is 0 Å². The van der Waals surface area contributed by atoms with E-state index in [1.165, 1.54) is 30.7 Å². The summed E-state index contributed by atoms with van der Waals surface area (Å²) in [6.07, 6.45) is 4.36. The van der Waals surface area contributed by atoms with Crippen LogP contribution in [0.4, 0.5) is 8.78 Å². The van der Waals surface area contributed by atoms with E-state index in [9.17, 15) is 8.78 Å². The topological polar surface area (TPSA) is 51.8 Å². The van der Waals surface area contributed by atoms with Gasteiger partial charge >= 0.3 is 0 Å². The van der Waals surface area contributed by atoms with Gasteiger partial charge in [0.2, 0.25) is 0 Å². The van der Waals surface area contributed by atoms with Crippen LogP contribution in [-0.2, 0) is 0 Å². The fourth-order valence-corrected chi connectivity index (χ4v) is 1.39. The number of benzene rings is 1. The summed E-state index contributed by atoms with van der Waals surface area (Å²) in [7, 11) is 0. The molecule has 2 rings (SSSR count). The Bertz CT molecular complexity index is 488. The molecular weight excluding hydrogens is 212 g/mol. The van der Waals surface area contributed by atoms with Crippen LogP contribution in [0.5, 0.6) is 0 Å². The van der Waals surface area contributed by atoms with Gasteiger partial charge in [-0.3, -0.25) is 9.97 Å². The Labute approximate surface area is 91.0 Å². The molecule has 1 unspecified atom stereocenters. The van der Waals surface area contributed by atoms with Crippen LogP contribution in [0.15, 0.2) is 36.8 Å². The summed E-state index contributed by atoms with van der Waals surface area (Å²) in [5.41, 5.74) is 6.24. The first-order valence-electron chi connectivity index (χ1n) is 4.65. The monoisotopic (exact) mass is 221 g/mol. The van der Waals surface area contributed by atoms with E-state index in [0.29, 0.717) is 5.69 Å². The molecule has 3 nitrogen and oxygen atoms in total. The van der Waals surface area contributed by atoms with E-state index in [4.69, 9.17) is 5.73 Å². The molecule has 1 heterocycles. The van der Waals surface area contributed by atoms with Crippen LogP contribution < -0.4 is 5.73 Å². The number of nitrogens with zero attached hydrogens (tertiary/aromatic N) is 2. The van der Waals surface area contributed by atoms with E-state index in [1.807, 2.05) is 0 Å². The highest BCUT2D eigenvalue weighted by Crippen LogP contribution is 2.21. The SMILES string of the molecule is NC(c1cnccn1)c1cccc(F)c1F. The van der Waals surface area contributed by atoms with Gasteiger partial charge in [-0.2, -0.15) is 0 Å². The van der Waals surface area contributed by atoms with Crippen molar-refractivity contribution in [1.29, 1.82) is 0 Å². The highest BCUT2D eigenvalue weighted by atomic mass is 19.2. The second-order valence-corrected chi connectivity index (χ2v) is 3.25. The third-order valence-electron chi connectivity index (χ3n) is 2.22. The fraction of sp³-hybridized carbons (Fsp3) is 0.0909. The van der Waals surface area contributed by atoms with Crippen molar-refractivity contribution < 1.29 is 8.78 Å². The first kappa shape index (κ1) is 10.6. The molecule has 0 fully saturated rings. The lowest BCUT2D eigenvalue weighted by molar-refractivity contribution is 0.493. The number of aromatic nitrogens is 2. The van der Waals surface area contributed by atoms with Crippen LogP contribution in [-0.4, -0.2) is 9.97 Å². The van der Waals surface area contributed by atoms with E-state index in [0.717, 1.165) is 6.07 Å². The van der Waals surface area contributed by atoms with Crippen LogP contribution in [0, 0.1) is 11.6 Å². The molecule has 1 aromatic heterocycles. The highest BCUT2D eigenvalue weighted by molar-refractivity contribution is 5.28. The Morgan fingerprint density at radius 2 is 2.00 bits per heavy atom. The van der Waals surface area contributed by atoms with Crippen molar-refractivity contribution in [3.05, 3.63) is 59.7 Å². The normalized spacial score (nSPS) is 12.4. The van der Waals surface area contributed by atoms with Crippen LogP contribution in [0.2, 0.25) is 0 Å². The lowest BCUT2D eigenvalue weighted by Gasteiger charge is -2.11. The zero-order valence-electron chi connectivity index (χ0n) is 8.27. The van der Waals surface area contributed by atoms with Gasteiger partial charge in [-0.1, -0.05) is 12.1 Å². The molecule has 0 saturated heterocycles. The number of halogens is 2. The standard InChI is InChI=1S/C11H9F2N3/c12-8-3-1-2-7(10(8)13)11(14)9-6-15-4-5-16-9/h1-6,11H,14H2. The Morgan fingerprint density at radius 3 is 2.69 bits per heavy atom. The summed E-state index contributed by atoms with van der Waals surface area (Å²) in [4.78, 5) is 7.77. The minimum absolute atomic E-state index is 0.0699. The molecule has 0 aliphatic carbocycles. The zero-order chi connectivity index (χ0) is 11.5. The molecule has 82 valence electrons. The number of hydrogen-bond donors (Lipinski definition) is 1. The summed E-state index contributed by atoms with van der Waals surface area (Å²) in [6, 6.07) is 3.06. The predicted octanol–water partition coefficient (Wildman–Crippen LogP) is 1.80. The second kappa shape index (κ2) is 4.32. The van der Waals surface area contributed by atoms with Crippen LogP contribution in [0.1, 0.15) is 17.3 Å².